The van der Waals surface area contributed by atoms with E-state index >= 15 is 0 Å². The maximum absolute atomic E-state index is 6.18. The monoisotopic (exact) mass is 243 g/mol. The van der Waals surface area contributed by atoms with Crippen molar-refractivity contribution in [2.45, 2.75) is 6.92 Å². The topological polar surface area (TPSA) is 30.7 Å². The molecule has 0 N–H and O–H groups in total. The standard InChI is InChI=1S/C13H10ClN3/c1-9-8-10-11(14)4-2-5-12(10)17(9)13-15-6-3-7-16-13/h2-8H,1H3. The molecule has 2 aromatic heterocycles. The van der Waals surface area contributed by atoms with Gasteiger partial charge in [0, 0.05) is 28.5 Å². The summed E-state index contributed by atoms with van der Waals surface area (Å²) in [4.78, 5) is 8.54. The molecule has 0 aliphatic rings. The highest BCUT2D eigenvalue weighted by molar-refractivity contribution is 6.35. The predicted octanol–water partition coefficient (Wildman–Crippen LogP) is 3.38. The van der Waals surface area contributed by atoms with Crippen LogP contribution in [0, 0.1) is 6.92 Å². The van der Waals surface area contributed by atoms with Gasteiger partial charge in [0.25, 0.3) is 0 Å². The number of fused-ring (bicyclic) bond motifs is 1. The molecule has 2 heterocycles. The highest BCUT2D eigenvalue weighted by Crippen LogP contribution is 2.27. The lowest BCUT2D eigenvalue weighted by molar-refractivity contribution is 0.928. The molecule has 17 heavy (non-hydrogen) atoms. The zero-order valence-corrected chi connectivity index (χ0v) is 10.0. The van der Waals surface area contributed by atoms with Crippen LogP contribution in [-0.4, -0.2) is 14.5 Å². The molecule has 0 amide bonds. The van der Waals surface area contributed by atoms with Crippen molar-refractivity contribution in [2.75, 3.05) is 0 Å². The van der Waals surface area contributed by atoms with Crippen LogP contribution in [0.1, 0.15) is 5.69 Å². The van der Waals surface area contributed by atoms with Crippen molar-refractivity contribution in [2.24, 2.45) is 0 Å². The zero-order valence-electron chi connectivity index (χ0n) is 9.26. The Morgan fingerprint density at radius 2 is 1.88 bits per heavy atom. The van der Waals surface area contributed by atoms with Crippen LogP contribution in [-0.2, 0) is 0 Å². The van der Waals surface area contributed by atoms with Crippen molar-refractivity contribution in [3.05, 3.63) is 53.4 Å². The Kier molecular flexibility index (Phi) is 2.34. The molecule has 4 heteroatoms. The van der Waals surface area contributed by atoms with Gasteiger partial charge in [-0.15, -0.1) is 0 Å². The Morgan fingerprint density at radius 1 is 1.12 bits per heavy atom. The van der Waals surface area contributed by atoms with Gasteiger partial charge in [0.2, 0.25) is 5.95 Å². The molecule has 3 rings (SSSR count). The van der Waals surface area contributed by atoms with E-state index < -0.39 is 0 Å². The minimum absolute atomic E-state index is 0.669. The molecule has 0 spiro atoms. The maximum atomic E-state index is 6.18. The molecule has 0 bridgehead atoms. The Labute approximate surface area is 104 Å². The van der Waals surface area contributed by atoms with Gasteiger partial charge in [-0.25, -0.2) is 9.97 Å². The number of hydrogen-bond acceptors (Lipinski definition) is 2. The number of nitrogens with zero attached hydrogens (tertiary/aromatic N) is 3. The summed E-state index contributed by atoms with van der Waals surface area (Å²) in [6, 6.07) is 9.69. The molecular formula is C13H10ClN3. The lowest BCUT2D eigenvalue weighted by atomic mass is 10.2. The zero-order chi connectivity index (χ0) is 11.8. The average molecular weight is 244 g/mol. The van der Waals surface area contributed by atoms with Gasteiger partial charge >= 0.3 is 0 Å². The van der Waals surface area contributed by atoms with E-state index in [2.05, 4.69) is 9.97 Å². The molecular weight excluding hydrogens is 234 g/mol. The fraction of sp³-hybridized carbons (Fsp3) is 0.0769. The summed E-state index contributed by atoms with van der Waals surface area (Å²) in [6.07, 6.45) is 3.47. The second-order valence-electron chi connectivity index (χ2n) is 3.84. The van der Waals surface area contributed by atoms with E-state index in [1.165, 1.54) is 0 Å². The largest absolute Gasteiger partial charge is 0.283 e. The molecule has 3 nitrogen and oxygen atoms in total. The summed E-state index contributed by atoms with van der Waals surface area (Å²) in [7, 11) is 0. The molecule has 0 aliphatic carbocycles. The summed E-state index contributed by atoms with van der Waals surface area (Å²) >= 11 is 6.18. The Hall–Kier alpha value is -1.87. The minimum atomic E-state index is 0.669. The second kappa shape index (κ2) is 3.86. The third kappa shape index (κ3) is 1.59. The SMILES string of the molecule is Cc1cc2c(Cl)cccc2n1-c1ncccn1. The third-order valence-electron chi connectivity index (χ3n) is 2.73. The van der Waals surface area contributed by atoms with Gasteiger partial charge in [0.1, 0.15) is 0 Å². The van der Waals surface area contributed by atoms with Crippen molar-refractivity contribution in [3.8, 4) is 5.95 Å². The molecule has 1 aromatic carbocycles. The highest BCUT2D eigenvalue weighted by Gasteiger charge is 2.10. The van der Waals surface area contributed by atoms with Crippen LogP contribution in [0.5, 0.6) is 0 Å². The van der Waals surface area contributed by atoms with E-state index in [1.54, 1.807) is 18.5 Å². The van der Waals surface area contributed by atoms with Crippen molar-refractivity contribution in [1.82, 2.24) is 14.5 Å². The number of aryl methyl sites for hydroxylation is 1. The molecule has 0 saturated carbocycles. The van der Waals surface area contributed by atoms with Crippen molar-refractivity contribution in [3.63, 3.8) is 0 Å². The van der Waals surface area contributed by atoms with Crippen molar-refractivity contribution < 1.29 is 0 Å². The smallest absolute Gasteiger partial charge is 0.234 e. The van der Waals surface area contributed by atoms with E-state index in [0.29, 0.717) is 5.95 Å². The van der Waals surface area contributed by atoms with E-state index in [1.807, 2.05) is 35.8 Å². The van der Waals surface area contributed by atoms with Crippen LogP contribution >= 0.6 is 11.6 Å². The van der Waals surface area contributed by atoms with E-state index in [-0.39, 0.29) is 0 Å². The van der Waals surface area contributed by atoms with E-state index in [9.17, 15) is 0 Å². The molecule has 84 valence electrons. The minimum Gasteiger partial charge on any atom is -0.283 e. The van der Waals surface area contributed by atoms with Crippen molar-refractivity contribution >= 4 is 22.5 Å². The van der Waals surface area contributed by atoms with Crippen molar-refractivity contribution in [1.29, 1.82) is 0 Å². The third-order valence-corrected chi connectivity index (χ3v) is 3.06. The second-order valence-corrected chi connectivity index (χ2v) is 4.25. The summed E-state index contributed by atoms with van der Waals surface area (Å²) < 4.78 is 2.00. The van der Waals surface area contributed by atoms with Crippen LogP contribution in [0.15, 0.2) is 42.7 Å². The van der Waals surface area contributed by atoms with E-state index in [0.717, 1.165) is 21.6 Å². The highest BCUT2D eigenvalue weighted by atomic mass is 35.5. The number of halogens is 1. The Balaban J connectivity index is 2.37. The van der Waals surface area contributed by atoms with E-state index in [4.69, 9.17) is 11.6 Å². The first-order valence-electron chi connectivity index (χ1n) is 5.31. The van der Waals surface area contributed by atoms with Gasteiger partial charge in [0.05, 0.1) is 5.52 Å². The van der Waals surface area contributed by atoms with Gasteiger partial charge < -0.3 is 0 Å². The first-order valence-corrected chi connectivity index (χ1v) is 5.69. The van der Waals surface area contributed by atoms with Gasteiger partial charge in [-0.3, -0.25) is 4.57 Å². The number of hydrogen-bond donors (Lipinski definition) is 0. The average Bonchev–Trinajstić information content (AvgIpc) is 2.68. The van der Waals surface area contributed by atoms with Gasteiger partial charge in [-0.2, -0.15) is 0 Å². The maximum Gasteiger partial charge on any atom is 0.234 e. The molecule has 0 fully saturated rings. The first-order chi connectivity index (χ1) is 8.27. The van der Waals surface area contributed by atoms with Crippen LogP contribution in [0.25, 0.3) is 16.9 Å². The molecule has 0 radical (unpaired) electrons. The molecule has 0 unspecified atom stereocenters. The summed E-state index contributed by atoms with van der Waals surface area (Å²) in [5.74, 6) is 0.669. The summed E-state index contributed by atoms with van der Waals surface area (Å²) in [6.45, 7) is 2.02. The van der Waals surface area contributed by atoms with Crippen LogP contribution in [0.4, 0.5) is 0 Å². The Bertz CT molecular complexity index is 674. The van der Waals surface area contributed by atoms with Crippen LogP contribution in [0.3, 0.4) is 0 Å². The Morgan fingerprint density at radius 3 is 2.65 bits per heavy atom. The predicted molar refractivity (Wildman–Crippen MR) is 68.6 cm³/mol. The van der Waals surface area contributed by atoms with Crippen LogP contribution < -0.4 is 0 Å². The normalized spacial score (nSPS) is 10.9. The number of rotatable bonds is 1. The van der Waals surface area contributed by atoms with Gasteiger partial charge in [-0.1, -0.05) is 17.7 Å². The molecule has 3 aromatic rings. The van der Waals surface area contributed by atoms with Crippen LogP contribution in [0.2, 0.25) is 5.02 Å². The fourth-order valence-electron chi connectivity index (χ4n) is 2.00. The lowest BCUT2D eigenvalue weighted by Gasteiger charge is -2.05. The fourth-order valence-corrected chi connectivity index (χ4v) is 2.22. The first kappa shape index (κ1) is 10.3. The lowest BCUT2D eigenvalue weighted by Crippen LogP contribution is -2.01. The molecule has 0 saturated heterocycles. The molecule has 0 aliphatic heterocycles. The summed E-state index contributed by atoms with van der Waals surface area (Å²) in [5, 5.41) is 1.78. The molecule has 0 atom stereocenters. The quantitative estimate of drug-likeness (QED) is 0.656. The summed E-state index contributed by atoms with van der Waals surface area (Å²) in [5.41, 5.74) is 2.10. The number of aromatic nitrogens is 3. The number of benzene rings is 1. The van der Waals surface area contributed by atoms with Gasteiger partial charge in [0.15, 0.2) is 0 Å². The van der Waals surface area contributed by atoms with Gasteiger partial charge in [-0.05, 0) is 31.2 Å².